The number of ether oxygens (including phenoxy) is 1. The molecule has 3 rings (SSSR count). The predicted octanol–water partition coefficient (Wildman–Crippen LogP) is 2.81. The minimum Gasteiger partial charge on any atom is -0.447 e. The first-order chi connectivity index (χ1) is 13.4. The number of likely N-dealkylation sites (tertiary alicyclic amines) is 1. The number of cyclic esters (lactones) is 1. The molecule has 1 aromatic rings. The van der Waals surface area contributed by atoms with Crippen molar-refractivity contribution in [1.29, 1.82) is 0 Å². The number of piperidine rings is 1. The van der Waals surface area contributed by atoms with E-state index in [0.29, 0.717) is 36.9 Å². The number of rotatable bonds is 5. The lowest BCUT2D eigenvalue weighted by Crippen LogP contribution is -2.51. The Morgan fingerprint density at radius 2 is 2.11 bits per heavy atom. The molecule has 0 saturated carbocycles. The maximum absolute atomic E-state index is 12.9. The summed E-state index contributed by atoms with van der Waals surface area (Å²) in [6, 6.07) is 7.42. The maximum Gasteiger partial charge on any atom is 0.410 e. The van der Waals surface area contributed by atoms with Crippen LogP contribution >= 0.6 is 12.2 Å². The second-order valence-electron chi connectivity index (χ2n) is 7.53. The van der Waals surface area contributed by atoms with Gasteiger partial charge in [0.05, 0.1) is 6.04 Å². The lowest BCUT2D eigenvalue weighted by Gasteiger charge is -2.39. The molecule has 0 aliphatic carbocycles. The Labute approximate surface area is 171 Å². The quantitative estimate of drug-likeness (QED) is 0.734. The molecular formula is C20H28N4O3S. The third-order valence-corrected chi connectivity index (χ3v) is 5.87. The van der Waals surface area contributed by atoms with E-state index in [1.54, 1.807) is 18.2 Å². The van der Waals surface area contributed by atoms with Crippen molar-refractivity contribution in [2.24, 2.45) is 11.7 Å². The fourth-order valence-corrected chi connectivity index (χ4v) is 4.10. The van der Waals surface area contributed by atoms with Crippen LogP contribution in [0.1, 0.15) is 43.5 Å². The topological polar surface area (TPSA) is 87.9 Å². The Morgan fingerprint density at radius 1 is 1.39 bits per heavy atom. The Hall–Kier alpha value is -2.35. The second kappa shape index (κ2) is 8.77. The van der Waals surface area contributed by atoms with E-state index < -0.39 is 0 Å². The number of carbonyl (C=O) groups is 2. The zero-order chi connectivity index (χ0) is 20.3. The molecule has 2 saturated heterocycles. The summed E-state index contributed by atoms with van der Waals surface area (Å²) < 4.78 is 5.32. The van der Waals surface area contributed by atoms with Crippen molar-refractivity contribution in [2.75, 3.05) is 25.0 Å². The number of nitrogens with two attached hydrogens (primary N) is 1. The number of benzene rings is 1. The highest BCUT2D eigenvalue weighted by Gasteiger charge is 2.41. The van der Waals surface area contributed by atoms with Gasteiger partial charge < -0.3 is 20.7 Å². The van der Waals surface area contributed by atoms with Crippen molar-refractivity contribution in [2.45, 2.75) is 45.2 Å². The zero-order valence-corrected chi connectivity index (χ0v) is 17.2. The fraction of sp³-hybridized carbons (Fsp3) is 0.550. The average molecular weight is 405 g/mol. The van der Waals surface area contributed by atoms with Gasteiger partial charge in [0.25, 0.3) is 5.91 Å². The van der Waals surface area contributed by atoms with Gasteiger partial charge in [0.2, 0.25) is 0 Å². The molecule has 8 heteroatoms. The van der Waals surface area contributed by atoms with Crippen LogP contribution in [0.2, 0.25) is 0 Å². The fourth-order valence-electron chi connectivity index (χ4n) is 3.98. The Morgan fingerprint density at radius 3 is 2.75 bits per heavy atom. The highest BCUT2D eigenvalue weighted by Crippen LogP contribution is 2.29. The molecule has 2 aliphatic heterocycles. The number of nitrogens with zero attached hydrogens (tertiary/aromatic N) is 2. The van der Waals surface area contributed by atoms with Crippen molar-refractivity contribution in [3.05, 3.63) is 29.8 Å². The van der Waals surface area contributed by atoms with Gasteiger partial charge in [-0.25, -0.2) is 4.79 Å². The van der Waals surface area contributed by atoms with E-state index >= 15 is 0 Å². The minimum absolute atomic E-state index is 0.0208. The lowest BCUT2D eigenvalue weighted by atomic mass is 9.95. The monoisotopic (exact) mass is 404 g/mol. The summed E-state index contributed by atoms with van der Waals surface area (Å²) in [6.45, 7) is 6.00. The number of hydrogen-bond donors (Lipinski definition) is 2. The first-order valence-corrected chi connectivity index (χ1v) is 10.2. The van der Waals surface area contributed by atoms with Gasteiger partial charge in [0, 0.05) is 30.4 Å². The summed E-state index contributed by atoms with van der Waals surface area (Å²) >= 11 is 4.85. The number of amides is 2. The van der Waals surface area contributed by atoms with Gasteiger partial charge >= 0.3 is 6.09 Å². The van der Waals surface area contributed by atoms with Crippen LogP contribution in [0, 0.1) is 5.92 Å². The molecule has 2 unspecified atom stereocenters. The molecule has 2 amide bonds. The number of carbonyl (C=O) groups excluding carboxylic acids is 2. The molecule has 2 fully saturated rings. The third kappa shape index (κ3) is 4.38. The number of anilines is 1. The van der Waals surface area contributed by atoms with E-state index in [9.17, 15) is 9.59 Å². The first-order valence-electron chi connectivity index (χ1n) is 9.81. The van der Waals surface area contributed by atoms with E-state index in [1.807, 2.05) is 15.9 Å². The molecule has 2 aliphatic rings. The zero-order valence-electron chi connectivity index (χ0n) is 16.4. The van der Waals surface area contributed by atoms with Crippen molar-refractivity contribution in [1.82, 2.24) is 9.80 Å². The predicted molar refractivity (Wildman–Crippen MR) is 112 cm³/mol. The molecule has 152 valence electrons. The van der Waals surface area contributed by atoms with E-state index in [2.05, 4.69) is 19.2 Å². The summed E-state index contributed by atoms with van der Waals surface area (Å²) in [5, 5.41) is 3.02. The highest BCUT2D eigenvalue weighted by molar-refractivity contribution is 7.80. The van der Waals surface area contributed by atoms with Gasteiger partial charge in [0.1, 0.15) is 6.61 Å². The van der Waals surface area contributed by atoms with Crippen molar-refractivity contribution in [3.63, 3.8) is 0 Å². The van der Waals surface area contributed by atoms with Crippen LogP contribution in [-0.4, -0.2) is 58.7 Å². The van der Waals surface area contributed by atoms with Crippen LogP contribution < -0.4 is 11.1 Å². The number of nitrogens with one attached hydrogen (secondary N) is 1. The van der Waals surface area contributed by atoms with Crippen molar-refractivity contribution < 1.29 is 14.3 Å². The van der Waals surface area contributed by atoms with Gasteiger partial charge in [-0.1, -0.05) is 26.3 Å². The van der Waals surface area contributed by atoms with Crippen molar-refractivity contribution >= 4 is 35.0 Å². The average Bonchev–Trinajstić information content (AvgIpc) is 3.08. The summed E-state index contributed by atoms with van der Waals surface area (Å²) in [5.74, 6) is 0.377. The van der Waals surface area contributed by atoms with Crippen LogP contribution in [0.15, 0.2) is 24.3 Å². The van der Waals surface area contributed by atoms with E-state index in [-0.39, 0.29) is 29.2 Å². The smallest absolute Gasteiger partial charge is 0.410 e. The van der Waals surface area contributed by atoms with E-state index in [1.165, 1.54) is 0 Å². The Kier molecular flexibility index (Phi) is 6.39. The molecule has 0 spiro atoms. The van der Waals surface area contributed by atoms with Gasteiger partial charge in [-0.2, -0.15) is 0 Å². The molecule has 0 radical (unpaired) electrons. The van der Waals surface area contributed by atoms with Crippen LogP contribution in [0.3, 0.4) is 0 Å². The van der Waals surface area contributed by atoms with Crippen LogP contribution in [-0.2, 0) is 4.74 Å². The Balaban J connectivity index is 1.63. The highest BCUT2D eigenvalue weighted by atomic mass is 32.1. The van der Waals surface area contributed by atoms with Crippen LogP contribution in [0.5, 0.6) is 0 Å². The third-order valence-electron chi connectivity index (χ3n) is 5.77. The molecule has 0 bridgehead atoms. The van der Waals surface area contributed by atoms with Crippen LogP contribution in [0.4, 0.5) is 10.5 Å². The second-order valence-corrected chi connectivity index (χ2v) is 7.97. The molecule has 2 atom stereocenters. The SMILES string of the molecule is CCC(C)C1COC(=O)N1C1CCN(C(=O)c2cccc(NC(N)=S)c2)CC1. The Bertz CT molecular complexity index is 749. The summed E-state index contributed by atoms with van der Waals surface area (Å²) in [4.78, 5) is 28.9. The number of hydrogen-bond acceptors (Lipinski definition) is 4. The number of thiocarbonyl (C=S) groups is 1. The largest absolute Gasteiger partial charge is 0.447 e. The van der Waals surface area contributed by atoms with E-state index in [4.69, 9.17) is 22.7 Å². The van der Waals surface area contributed by atoms with Gasteiger partial charge in [-0.05, 0) is 49.2 Å². The molecule has 1 aromatic carbocycles. The molecule has 3 N–H and O–H groups in total. The van der Waals surface area contributed by atoms with Gasteiger partial charge in [-0.3, -0.25) is 9.69 Å². The maximum atomic E-state index is 12.9. The molecule has 28 heavy (non-hydrogen) atoms. The summed E-state index contributed by atoms with van der Waals surface area (Å²) in [5.41, 5.74) is 6.80. The van der Waals surface area contributed by atoms with Crippen molar-refractivity contribution in [3.8, 4) is 0 Å². The molecule has 2 heterocycles. The lowest BCUT2D eigenvalue weighted by molar-refractivity contribution is 0.0615. The molecular weight excluding hydrogens is 376 g/mol. The standard InChI is InChI=1S/C20H28N4O3S/c1-3-13(2)17-12-27-20(26)24(17)16-7-9-23(10-8-16)18(25)14-5-4-6-15(11-14)22-19(21)28/h4-6,11,13,16-17H,3,7-10,12H2,1-2H3,(H3,21,22,28). The molecule has 7 nitrogen and oxygen atoms in total. The first kappa shape index (κ1) is 20.4. The minimum atomic E-state index is -0.216. The van der Waals surface area contributed by atoms with Gasteiger partial charge in [-0.15, -0.1) is 0 Å². The summed E-state index contributed by atoms with van der Waals surface area (Å²) in [6.07, 6.45) is 2.31. The van der Waals surface area contributed by atoms with Gasteiger partial charge in [0.15, 0.2) is 5.11 Å². The van der Waals surface area contributed by atoms with E-state index in [0.717, 1.165) is 19.3 Å². The normalized spacial score (nSPS) is 21.4. The summed E-state index contributed by atoms with van der Waals surface area (Å²) in [7, 11) is 0. The molecule has 0 aromatic heterocycles. The van der Waals surface area contributed by atoms with Crippen LogP contribution in [0.25, 0.3) is 0 Å².